The molecule has 0 amide bonds. The average Bonchev–Trinajstić information content (AvgIpc) is 3.03. The molecule has 2 heterocycles. The zero-order chi connectivity index (χ0) is 15.0. The topological polar surface area (TPSA) is 68.3 Å². The first-order valence-corrected chi connectivity index (χ1v) is 8.68. The summed E-state index contributed by atoms with van der Waals surface area (Å²) >= 11 is 0. The zero-order valence-corrected chi connectivity index (χ0v) is 13.4. The molecule has 114 valence electrons. The highest BCUT2D eigenvalue weighted by atomic mass is 32.2. The number of aromatic nitrogens is 1. The van der Waals surface area contributed by atoms with Crippen LogP contribution >= 0.6 is 0 Å². The standard InChI is InChI=1S/C14H25N3O2S/c1-4-14(5-2)6-7-17(11-14)20(18,19)13-8-12(9-15)16(3)10-13/h8,10H,4-7,9,11,15H2,1-3H3. The van der Waals surface area contributed by atoms with Gasteiger partial charge in [-0.25, -0.2) is 8.42 Å². The van der Waals surface area contributed by atoms with Gasteiger partial charge in [-0.2, -0.15) is 4.31 Å². The Morgan fingerprint density at radius 3 is 2.45 bits per heavy atom. The smallest absolute Gasteiger partial charge is 0.244 e. The van der Waals surface area contributed by atoms with Crippen LogP contribution in [0.5, 0.6) is 0 Å². The maximum atomic E-state index is 12.7. The molecular weight excluding hydrogens is 274 g/mol. The Kier molecular flexibility index (Phi) is 4.27. The van der Waals surface area contributed by atoms with E-state index in [2.05, 4.69) is 13.8 Å². The summed E-state index contributed by atoms with van der Waals surface area (Å²) in [4.78, 5) is 0.364. The molecule has 2 N–H and O–H groups in total. The van der Waals surface area contributed by atoms with E-state index in [1.54, 1.807) is 21.1 Å². The van der Waals surface area contributed by atoms with Crippen molar-refractivity contribution in [2.45, 2.75) is 44.6 Å². The second kappa shape index (κ2) is 5.50. The molecule has 1 saturated heterocycles. The van der Waals surface area contributed by atoms with E-state index < -0.39 is 10.0 Å². The van der Waals surface area contributed by atoms with E-state index in [9.17, 15) is 8.42 Å². The van der Waals surface area contributed by atoms with Crippen LogP contribution < -0.4 is 5.73 Å². The second-order valence-corrected chi connectivity index (χ2v) is 7.72. The van der Waals surface area contributed by atoms with Crippen LogP contribution in [0.3, 0.4) is 0 Å². The Morgan fingerprint density at radius 1 is 1.35 bits per heavy atom. The van der Waals surface area contributed by atoms with Crippen molar-refractivity contribution in [1.29, 1.82) is 0 Å². The molecule has 5 nitrogen and oxygen atoms in total. The van der Waals surface area contributed by atoms with Crippen LogP contribution in [0.1, 0.15) is 38.8 Å². The number of hydrogen-bond acceptors (Lipinski definition) is 3. The summed E-state index contributed by atoms with van der Waals surface area (Å²) < 4.78 is 28.8. The summed E-state index contributed by atoms with van der Waals surface area (Å²) in [5.74, 6) is 0. The van der Waals surface area contributed by atoms with Gasteiger partial charge in [-0.15, -0.1) is 0 Å². The minimum atomic E-state index is -3.38. The van der Waals surface area contributed by atoms with E-state index in [0.29, 0.717) is 24.5 Å². The van der Waals surface area contributed by atoms with E-state index in [1.807, 2.05) is 7.05 Å². The number of nitrogens with zero attached hydrogens (tertiary/aromatic N) is 2. The predicted molar refractivity (Wildman–Crippen MR) is 79.7 cm³/mol. The molecule has 2 rings (SSSR count). The summed E-state index contributed by atoms with van der Waals surface area (Å²) in [5.41, 5.74) is 6.60. The summed E-state index contributed by atoms with van der Waals surface area (Å²) in [7, 11) is -1.56. The number of hydrogen-bond donors (Lipinski definition) is 1. The molecule has 0 aromatic carbocycles. The van der Waals surface area contributed by atoms with Crippen molar-refractivity contribution in [3.63, 3.8) is 0 Å². The van der Waals surface area contributed by atoms with Gasteiger partial charge in [0.25, 0.3) is 0 Å². The van der Waals surface area contributed by atoms with Gasteiger partial charge in [0, 0.05) is 38.6 Å². The van der Waals surface area contributed by atoms with Crippen molar-refractivity contribution in [2.75, 3.05) is 13.1 Å². The normalized spacial score (nSPS) is 19.6. The highest BCUT2D eigenvalue weighted by Gasteiger charge is 2.40. The molecule has 0 bridgehead atoms. The largest absolute Gasteiger partial charge is 0.352 e. The first-order chi connectivity index (χ1) is 9.38. The number of aryl methyl sites for hydroxylation is 1. The van der Waals surface area contributed by atoms with Gasteiger partial charge < -0.3 is 10.3 Å². The second-order valence-electron chi connectivity index (χ2n) is 5.78. The van der Waals surface area contributed by atoms with Crippen LogP contribution in [0.2, 0.25) is 0 Å². The SMILES string of the molecule is CCC1(CC)CCN(S(=O)(=O)c2cc(CN)n(C)c2)C1. The summed E-state index contributed by atoms with van der Waals surface area (Å²) in [6.45, 7) is 5.90. The van der Waals surface area contributed by atoms with Crippen LogP contribution in [0.25, 0.3) is 0 Å². The lowest BCUT2D eigenvalue weighted by Crippen LogP contribution is -2.31. The van der Waals surface area contributed by atoms with Gasteiger partial charge in [0.1, 0.15) is 4.90 Å². The van der Waals surface area contributed by atoms with Crippen molar-refractivity contribution >= 4 is 10.0 Å². The number of sulfonamides is 1. The number of rotatable bonds is 5. The third-order valence-electron chi connectivity index (χ3n) is 4.83. The molecular formula is C14H25N3O2S. The Bertz CT molecular complexity index is 573. The molecule has 0 aliphatic carbocycles. The van der Waals surface area contributed by atoms with Gasteiger partial charge in [-0.3, -0.25) is 0 Å². The lowest BCUT2D eigenvalue weighted by atomic mass is 9.82. The average molecular weight is 299 g/mol. The minimum absolute atomic E-state index is 0.151. The maximum Gasteiger partial charge on any atom is 0.244 e. The van der Waals surface area contributed by atoms with Gasteiger partial charge in [0.2, 0.25) is 10.0 Å². The Hall–Kier alpha value is -0.850. The van der Waals surface area contributed by atoms with Crippen LogP contribution in [-0.2, 0) is 23.6 Å². The van der Waals surface area contributed by atoms with Crippen LogP contribution in [-0.4, -0.2) is 30.4 Å². The molecule has 0 radical (unpaired) electrons. The third-order valence-corrected chi connectivity index (χ3v) is 6.64. The lowest BCUT2D eigenvalue weighted by Gasteiger charge is -2.26. The van der Waals surface area contributed by atoms with Gasteiger partial charge in [0.15, 0.2) is 0 Å². The van der Waals surface area contributed by atoms with Crippen molar-refractivity contribution in [2.24, 2.45) is 18.2 Å². The van der Waals surface area contributed by atoms with Gasteiger partial charge in [-0.1, -0.05) is 13.8 Å². The zero-order valence-electron chi connectivity index (χ0n) is 12.6. The highest BCUT2D eigenvalue weighted by molar-refractivity contribution is 7.89. The van der Waals surface area contributed by atoms with E-state index in [0.717, 1.165) is 25.0 Å². The molecule has 20 heavy (non-hydrogen) atoms. The third kappa shape index (κ3) is 2.52. The Morgan fingerprint density at radius 2 is 2.00 bits per heavy atom. The fourth-order valence-electron chi connectivity index (χ4n) is 3.00. The van der Waals surface area contributed by atoms with E-state index in [-0.39, 0.29) is 5.41 Å². The van der Waals surface area contributed by atoms with Crippen molar-refractivity contribution in [3.05, 3.63) is 18.0 Å². The fraction of sp³-hybridized carbons (Fsp3) is 0.714. The monoisotopic (exact) mass is 299 g/mol. The van der Waals surface area contributed by atoms with Gasteiger partial charge in [0.05, 0.1) is 0 Å². The first kappa shape index (κ1) is 15.5. The van der Waals surface area contributed by atoms with Crippen LogP contribution in [0.15, 0.2) is 17.2 Å². The maximum absolute atomic E-state index is 12.7. The van der Waals surface area contributed by atoms with E-state index in [4.69, 9.17) is 5.73 Å². The van der Waals surface area contributed by atoms with Crippen LogP contribution in [0.4, 0.5) is 0 Å². The molecule has 1 fully saturated rings. The minimum Gasteiger partial charge on any atom is -0.352 e. The molecule has 1 aromatic rings. The molecule has 1 aliphatic heterocycles. The van der Waals surface area contributed by atoms with E-state index >= 15 is 0 Å². The summed E-state index contributed by atoms with van der Waals surface area (Å²) in [5, 5.41) is 0. The summed E-state index contributed by atoms with van der Waals surface area (Å²) in [6.07, 6.45) is 4.67. The molecule has 0 saturated carbocycles. The molecule has 1 aromatic heterocycles. The van der Waals surface area contributed by atoms with Gasteiger partial charge >= 0.3 is 0 Å². The fourth-order valence-corrected chi connectivity index (χ4v) is 4.65. The van der Waals surface area contributed by atoms with E-state index in [1.165, 1.54) is 0 Å². The Balaban J connectivity index is 2.27. The first-order valence-electron chi connectivity index (χ1n) is 7.24. The number of nitrogens with two attached hydrogens (primary N) is 1. The van der Waals surface area contributed by atoms with Crippen molar-refractivity contribution < 1.29 is 8.42 Å². The predicted octanol–water partition coefficient (Wildman–Crippen LogP) is 1.68. The molecule has 0 atom stereocenters. The molecule has 0 unspecified atom stereocenters. The lowest BCUT2D eigenvalue weighted by molar-refractivity contribution is 0.279. The highest BCUT2D eigenvalue weighted by Crippen LogP contribution is 2.39. The molecule has 0 spiro atoms. The quantitative estimate of drug-likeness (QED) is 0.899. The van der Waals surface area contributed by atoms with Crippen molar-refractivity contribution in [3.8, 4) is 0 Å². The van der Waals surface area contributed by atoms with Crippen molar-refractivity contribution in [1.82, 2.24) is 8.87 Å². The molecule has 6 heteroatoms. The van der Waals surface area contributed by atoms with Gasteiger partial charge in [-0.05, 0) is 30.7 Å². The molecule has 1 aliphatic rings. The van der Waals surface area contributed by atoms with Crippen LogP contribution in [0, 0.1) is 5.41 Å². The summed E-state index contributed by atoms with van der Waals surface area (Å²) in [6, 6.07) is 1.69. The Labute approximate surface area is 121 Å².